The molecule has 7 rings (SSSR count). The monoisotopic (exact) mass is 1110 g/mol. The predicted octanol–water partition coefficient (Wildman–Crippen LogP) is 4.03. The molecule has 426 valence electrons. The third-order valence-corrected chi connectivity index (χ3v) is 12.4. The Kier molecular flexibility index (Phi) is 20.6. The molecule has 24 heteroatoms. The van der Waals surface area contributed by atoms with Crippen LogP contribution in [0.4, 0.5) is 0 Å². The number of hydrogen-bond acceptors (Lipinski definition) is 24. The molecule has 3 fully saturated rings. The Morgan fingerprint density at radius 2 is 0.963 bits per heavy atom. The summed E-state index contributed by atoms with van der Waals surface area (Å²) in [6.45, 7) is 1.97. The van der Waals surface area contributed by atoms with Crippen LogP contribution in [0.3, 0.4) is 0 Å². The van der Waals surface area contributed by atoms with E-state index in [9.17, 15) is 43.2 Å². The van der Waals surface area contributed by atoms with Crippen molar-refractivity contribution in [3.63, 3.8) is 0 Å². The fraction of sp³-hybridized carbons (Fsp3) is 0.411. The van der Waals surface area contributed by atoms with Crippen LogP contribution in [0.5, 0.6) is 0 Å². The number of esters is 9. The van der Waals surface area contributed by atoms with Gasteiger partial charge in [-0.05, 0) is 48.5 Å². The topological polar surface area (TPSA) is 292 Å². The Balaban J connectivity index is 1.34. The second-order valence-corrected chi connectivity index (χ2v) is 18.1. The lowest BCUT2D eigenvalue weighted by Crippen LogP contribution is -2.66. The molecule has 3 aliphatic heterocycles. The van der Waals surface area contributed by atoms with Crippen LogP contribution in [0.2, 0.25) is 0 Å². The molecule has 0 radical (unpaired) electrons. The zero-order chi connectivity index (χ0) is 57.5. The van der Waals surface area contributed by atoms with Gasteiger partial charge >= 0.3 is 53.7 Å². The zero-order valence-corrected chi connectivity index (χ0v) is 44.1. The Morgan fingerprint density at radius 1 is 0.500 bits per heavy atom. The van der Waals surface area contributed by atoms with Crippen LogP contribution in [0.15, 0.2) is 121 Å². The number of ether oxygens (including phenoxy) is 15. The highest BCUT2D eigenvalue weighted by atomic mass is 16.8. The first-order valence-corrected chi connectivity index (χ1v) is 24.9. The average molecular weight is 1120 g/mol. The minimum atomic E-state index is -2.87. The van der Waals surface area contributed by atoms with Gasteiger partial charge in [-0.25, -0.2) is 24.0 Å². The van der Waals surface area contributed by atoms with E-state index >= 15 is 0 Å². The Bertz CT molecular complexity index is 2800. The molecule has 0 amide bonds. The van der Waals surface area contributed by atoms with Crippen LogP contribution >= 0.6 is 0 Å². The summed E-state index contributed by atoms with van der Waals surface area (Å²) in [7, 11) is 2.14. The maximum Gasteiger partial charge on any atom is 0.366 e. The quantitative estimate of drug-likeness (QED) is 0.0792. The van der Waals surface area contributed by atoms with E-state index in [1.165, 1.54) is 55.6 Å². The van der Waals surface area contributed by atoms with Crippen molar-refractivity contribution in [3.05, 3.63) is 144 Å². The molecule has 13 atom stereocenters. The van der Waals surface area contributed by atoms with Crippen LogP contribution in [-0.2, 0) is 95.0 Å². The van der Waals surface area contributed by atoms with Gasteiger partial charge in [0.2, 0.25) is 0 Å². The first-order valence-electron chi connectivity index (χ1n) is 24.9. The van der Waals surface area contributed by atoms with Crippen molar-refractivity contribution >= 4 is 53.7 Å². The lowest BCUT2D eigenvalue weighted by atomic mass is 9.91. The molecule has 13 unspecified atom stereocenters. The fourth-order valence-electron chi connectivity index (χ4n) is 8.93. The van der Waals surface area contributed by atoms with Gasteiger partial charge in [-0.15, -0.1) is 0 Å². The first-order chi connectivity index (χ1) is 38.4. The van der Waals surface area contributed by atoms with E-state index in [4.69, 9.17) is 71.1 Å². The highest BCUT2D eigenvalue weighted by Gasteiger charge is 2.63. The van der Waals surface area contributed by atoms with Gasteiger partial charge in [0.05, 0.1) is 35.8 Å². The van der Waals surface area contributed by atoms with Gasteiger partial charge in [0, 0.05) is 34.8 Å². The van der Waals surface area contributed by atoms with Crippen LogP contribution in [0.1, 0.15) is 75.5 Å². The summed E-state index contributed by atoms with van der Waals surface area (Å²) < 4.78 is 89.4. The minimum absolute atomic E-state index is 0.0398. The van der Waals surface area contributed by atoms with Gasteiger partial charge in [-0.2, -0.15) is 0 Å². The summed E-state index contributed by atoms with van der Waals surface area (Å²) in [5.41, 5.74) is 0.380. The molecular weight excluding hydrogens is 1060 g/mol. The first kappa shape index (κ1) is 59.5. The van der Waals surface area contributed by atoms with Gasteiger partial charge in [-0.1, -0.05) is 72.8 Å². The number of rotatable bonds is 22. The molecule has 0 bridgehead atoms. The zero-order valence-electron chi connectivity index (χ0n) is 44.1. The average Bonchev–Trinajstić information content (AvgIpc) is 3.95. The maximum absolute atomic E-state index is 14.6. The van der Waals surface area contributed by atoms with Crippen molar-refractivity contribution in [3.8, 4) is 0 Å². The van der Waals surface area contributed by atoms with Crippen molar-refractivity contribution in [2.45, 2.75) is 114 Å². The molecule has 24 nitrogen and oxygen atoms in total. The third kappa shape index (κ3) is 15.2. The molecule has 4 aromatic carbocycles. The van der Waals surface area contributed by atoms with Gasteiger partial charge in [0.1, 0.15) is 56.4 Å². The van der Waals surface area contributed by atoms with E-state index in [0.29, 0.717) is 0 Å². The van der Waals surface area contributed by atoms with Crippen molar-refractivity contribution in [2.24, 2.45) is 0 Å². The lowest BCUT2D eigenvalue weighted by Gasteiger charge is -2.48. The van der Waals surface area contributed by atoms with Crippen molar-refractivity contribution in [2.75, 3.05) is 34.0 Å². The molecule has 0 spiro atoms. The minimum Gasteiger partial charge on any atom is -0.465 e. The smallest absolute Gasteiger partial charge is 0.366 e. The molecule has 4 aromatic rings. The second kappa shape index (κ2) is 27.6. The van der Waals surface area contributed by atoms with Crippen LogP contribution < -0.4 is 0 Å². The molecule has 0 aliphatic carbocycles. The highest BCUT2D eigenvalue weighted by Crippen LogP contribution is 2.42. The summed E-state index contributed by atoms with van der Waals surface area (Å²) >= 11 is 0. The molecule has 0 saturated carbocycles. The highest BCUT2D eigenvalue weighted by molar-refractivity contribution is 5.91. The predicted molar refractivity (Wildman–Crippen MR) is 266 cm³/mol. The molecule has 0 aromatic heterocycles. The molecular formula is C56H58O24. The summed E-state index contributed by atoms with van der Waals surface area (Å²) in [5, 5.41) is 0. The summed E-state index contributed by atoms with van der Waals surface area (Å²) in [4.78, 5) is 120. The number of hydrogen-bond donors (Lipinski definition) is 0. The molecule has 80 heavy (non-hydrogen) atoms. The van der Waals surface area contributed by atoms with Gasteiger partial charge in [0.15, 0.2) is 37.0 Å². The van der Waals surface area contributed by atoms with E-state index in [0.717, 1.165) is 34.8 Å². The lowest BCUT2D eigenvalue weighted by molar-refractivity contribution is -0.347. The van der Waals surface area contributed by atoms with Gasteiger partial charge in [-0.3, -0.25) is 19.2 Å². The Hall–Kier alpha value is -8.13. The number of benzene rings is 4. The van der Waals surface area contributed by atoms with E-state index in [-0.39, 0.29) is 22.3 Å². The van der Waals surface area contributed by atoms with Crippen molar-refractivity contribution in [1.29, 1.82) is 0 Å². The Morgan fingerprint density at radius 3 is 1.41 bits per heavy atom. The van der Waals surface area contributed by atoms with Crippen LogP contribution in [0, 0.1) is 0 Å². The SMILES string of the molecule is COC(=O)C1(OC2C(COC(=O)c3ccccc3)OC(OC)C2OC2OC(COC(=O)c3ccccc3)C(OC(=O)c3ccccc3)C2OC(=O)c2ccccc2)CC(OC(C)=O)C(OC(C)=O)C(C(COC(C)=O)OC(C)=O)O1. The second-order valence-electron chi connectivity index (χ2n) is 18.1. The normalized spacial score (nSPS) is 26.3. The largest absolute Gasteiger partial charge is 0.465 e. The number of carbonyl (C=O) groups is 9. The van der Waals surface area contributed by atoms with E-state index in [1.807, 2.05) is 0 Å². The van der Waals surface area contributed by atoms with Crippen molar-refractivity contribution in [1.82, 2.24) is 0 Å². The number of carbonyl (C=O) groups excluding carboxylic acids is 9. The molecule has 3 saturated heterocycles. The molecule has 3 aliphatic rings. The van der Waals surface area contributed by atoms with Crippen molar-refractivity contribution < 1.29 is 114 Å². The van der Waals surface area contributed by atoms with E-state index in [2.05, 4.69) is 0 Å². The van der Waals surface area contributed by atoms with Crippen LogP contribution in [-0.4, -0.2) is 167 Å². The fourth-order valence-corrected chi connectivity index (χ4v) is 8.93. The van der Waals surface area contributed by atoms with Gasteiger partial charge in [0.25, 0.3) is 5.79 Å². The van der Waals surface area contributed by atoms with Gasteiger partial charge < -0.3 is 71.1 Å². The Labute approximate surface area is 457 Å². The molecule has 0 N–H and O–H groups in total. The summed E-state index contributed by atoms with van der Waals surface area (Å²) in [5.74, 6) is -11.5. The maximum atomic E-state index is 14.6. The standard InChI is InChI=1S/C56H58O24/c1-31(57)68-28-41(72-33(3)59)45-43(73-34(4)60)39(71-32(2)58)27-56(79-45,55(65)67-6)80-46-42(30-70-50(62)36-21-13-8-14-22-36)74-53(66-5)48(46)78-54-47(77-52(64)38-25-17-10-18-26-38)44(76-51(63)37-23-15-9-16-24-37)40(75-54)29-69-49(61)35-19-11-7-12-20-35/h7-26,39-48,53-54H,27-30H2,1-6H3. The van der Waals surface area contributed by atoms with E-state index in [1.54, 1.807) is 72.8 Å². The summed E-state index contributed by atoms with van der Waals surface area (Å²) in [6.07, 6.45) is -21.4. The van der Waals surface area contributed by atoms with Crippen LogP contribution in [0.25, 0.3) is 0 Å². The third-order valence-electron chi connectivity index (χ3n) is 12.4. The number of methoxy groups -OCH3 is 2. The van der Waals surface area contributed by atoms with E-state index < -0.39 is 159 Å². The summed E-state index contributed by atoms with van der Waals surface area (Å²) in [6, 6.07) is 31.2. The molecule has 3 heterocycles.